The molecule has 2 fully saturated rings. The van der Waals surface area contributed by atoms with E-state index in [1.54, 1.807) is 12.4 Å². The van der Waals surface area contributed by atoms with Crippen molar-refractivity contribution in [3.63, 3.8) is 0 Å². The average molecular weight is 288 g/mol. The molecule has 1 atom stereocenters. The fraction of sp³-hybridized carbons (Fsp3) is 0.647. The van der Waals surface area contributed by atoms with Gasteiger partial charge in [0, 0.05) is 25.6 Å². The molecule has 0 bridgehead atoms. The van der Waals surface area contributed by atoms with Crippen LogP contribution in [0.1, 0.15) is 44.9 Å². The van der Waals surface area contributed by atoms with Crippen LogP contribution in [-0.4, -0.2) is 35.0 Å². The van der Waals surface area contributed by atoms with Crippen LogP contribution in [0, 0.1) is 5.92 Å². The molecule has 1 aliphatic carbocycles. The first kappa shape index (κ1) is 14.4. The number of pyridine rings is 1. The first-order valence-corrected chi connectivity index (χ1v) is 8.16. The van der Waals surface area contributed by atoms with Crippen LogP contribution in [0.4, 0.5) is 0 Å². The Bertz CT molecular complexity index is 457. The number of rotatable bonds is 5. The van der Waals surface area contributed by atoms with Crippen LogP contribution in [0.2, 0.25) is 0 Å². The number of hydrogen-bond donors (Lipinski definition) is 0. The molecular weight excluding hydrogens is 264 g/mol. The number of hydrogen-bond acceptors (Lipinski definition) is 3. The molecule has 0 aromatic carbocycles. The van der Waals surface area contributed by atoms with E-state index in [9.17, 15) is 4.79 Å². The lowest BCUT2D eigenvalue weighted by molar-refractivity contribution is -0.130. The molecule has 1 saturated carbocycles. The Hall–Kier alpha value is -1.58. The van der Waals surface area contributed by atoms with Crippen molar-refractivity contribution in [2.75, 3.05) is 13.1 Å². The molecule has 1 amide bonds. The molecule has 0 spiro atoms. The van der Waals surface area contributed by atoms with Gasteiger partial charge in [0.2, 0.25) is 5.91 Å². The molecule has 4 heteroatoms. The number of likely N-dealkylation sites (tertiary alicyclic amines) is 1. The minimum Gasteiger partial charge on any atom is -0.487 e. The summed E-state index contributed by atoms with van der Waals surface area (Å²) in [6.45, 7) is 1.55. The maximum Gasteiger partial charge on any atom is 0.222 e. The van der Waals surface area contributed by atoms with Gasteiger partial charge in [-0.1, -0.05) is 25.7 Å². The maximum absolute atomic E-state index is 12.3. The normalized spacial score (nSPS) is 22.7. The zero-order chi connectivity index (χ0) is 14.5. The maximum atomic E-state index is 12.3. The van der Waals surface area contributed by atoms with Crippen molar-refractivity contribution in [2.45, 2.75) is 51.0 Å². The largest absolute Gasteiger partial charge is 0.487 e. The summed E-state index contributed by atoms with van der Waals surface area (Å²) in [7, 11) is 0. The SMILES string of the molecule is O=C(CCC1CCCC1)N1CCC(Oc2cccnc2)C1. The summed E-state index contributed by atoms with van der Waals surface area (Å²) in [6, 6.07) is 3.78. The van der Waals surface area contributed by atoms with E-state index in [-0.39, 0.29) is 6.10 Å². The molecule has 1 unspecified atom stereocenters. The highest BCUT2D eigenvalue weighted by Crippen LogP contribution is 2.29. The molecule has 2 heterocycles. The van der Waals surface area contributed by atoms with Gasteiger partial charge in [0.05, 0.1) is 12.7 Å². The Kier molecular flexibility index (Phi) is 4.73. The third-order valence-electron chi connectivity index (χ3n) is 4.68. The standard InChI is InChI=1S/C17H24N2O2/c20-17(8-7-14-4-1-2-5-14)19-11-9-16(13-19)21-15-6-3-10-18-12-15/h3,6,10,12,14,16H,1-2,4-5,7-9,11,13H2. The van der Waals surface area contributed by atoms with Crippen LogP contribution >= 0.6 is 0 Å². The Labute approximate surface area is 126 Å². The number of amides is 1. The van der Waals surface area contributed by atoms with Crippen LogP contribution < -0.4 is 4.74 Å². The predicted octanol–water partition coefficient (Wildman–Crippen LogP) is 3.03. The number of ether oxygens (including phenoxy) is 1. The summed E-state index contributed by atoms with van der Waals surface area (Å²) in [5.41, 5.74) is 0. The van der Waals surface area contributed by atoms with Gasteiger partial charge in [0.25, 0.3) is 0 Å². The Morgan fingerprint density at radius 1 is 1.33 bits per heavy atom. The van der Waals surface area contributed by atoms with Gasteiger partial charge >= 0.3 is 0 Å². The second-order valence-corrected chi connectivity index (χ2v) is 6.25. The molecule has 114 valence electrons. The fourth-order valence-corrected chi connectivity index (χ4v) is 3.44. The molecule has 0 N–H and O–H groups in total. The van der Waals surface area contributed by atoms with Gasteiger partial charge in [-0.15, -0.1) is 0 Å². The smallest absolute Gasteiger partial charge is 0.222 e. The summed E-state index contributed by atoms with van der Waals surface area (Å²) in [5.74, 6) is 1.89. The minimum absolute atomic E-state index is 0.115. The van der Waals surface area contributed by atoms with Crippen molar-refractivity contribution in [3.05, 3.63) is 24.5 Å². The lowest BCUT2D eigenvalue weighted by Crippen LogP contribution is -2.31. The van der Waals surface area contributed by atoms with Gasteiger partial charge < -0.3 is 9.64 Å². The van der Waals surface area contributed by atoms with E-state index in [0.717, 1.165) is 37.6 Å². The van der Waals surface area contributed by atoms with E-state index in [1.807, 2.05) is 17.0 Å². The number of carbonyl (C=O) groups excluding carboxylic acids is 1. The van der Waals surface area contributed by atoms with Gasteiger partial charge in [-0.3, -0.25) is 9.78 Å². The number of aromatic nitrogens is 1. The Balaban J connectivity index is 1.42. The predicted molar refractivity (Wildman–Crippen MR) is 81.0 cm³/mol. The van der Waals surface area contributed by atoms with E-state index in [4.69, 9.17) is 4.74 Å². The summed E-state index contributed by atoms with van der Waals surface area (Å²) in [6.07, 6.45) is 11.6. The zero-order valence-corrected chi connectivity index (χ0v) is 12.5. The summed E-state index contributed by atoms with van der Waals surface area (Å²) >= 11 is 0. The monoisotopic (exact) mass is 288 g/mol. The molecule has 0 radical (unpaired) electrons. The molecule has 1 aromatic rings. The Morgan fingerprint density at radius 3 is 2.95 bits per heavy atom. The van der Waals surface area contributed by atoms with Crippen molar-refractivity contribution >= 4 is 5.91 Å². The van der Waals surface area contributed by atoms with Gasteiger partial charge in [-0.2, -0.15) is 0 Å². The van der Waals surface area contributed by atoms with Crippen molar-refractivity contribution in [2.24, 2.45) is 5.92 Å². The minimum atomic E-state index is 0.115. The van der Waals surface area contributed by atoms with Gasteiger partial charge in [-0.05, 0) is 24.5 Å². The van der Waals surface area contributed by atoms with E-state index in [1.165, 1.54) is 25.7 Å². The van der Waals surface area contributed by atoms with Crippen molar-refractivity contribution in [1.29, 1.82) is 0 Å². The Morgan fingerprint density at radius 2 is 2.19 bits per heavy atom. The first-order chi connectivity index (χ1) is 10.3. The van der Waals surface area contributed by atoms with Crippen LogP contribution in [0.3, 0.4) is 0 Å². The first-order valence-electron chi connectivity index (χ1n) is 8.16. The number of nitrogens with zero attached hydrogens (tertiary/aromatic N) is 2. The molecule has 3 rings (SSSR count). The van der Waals surface area contributed by atoms with Crippen LogP contribution in [0.5, 0.6) is 5.75 Å². The highest BCUT2D eigenvalue weighted by Gasteiger charge is 2.28. The molecule has 2 aliphatic rings. The van der Waals surface area contributed by atoms with Gasteiger partial charge in [-0.25, -0.2) is 0 Å². The average Bonchev–Trinajstić information content (AvgIpc) is 3.17. The highest BCUT2D eigenvalue weighted by molar-refractivity contribution is 5.76. The van der Waals surface area contributed by atoms with E-state index in [0.29, 0.717) is 12.3 Å². The quantitative estimate of drug-likeness (QED) is 0.836. The van der Waals surface area contributed by atoms with Gasteiger partial charge in [0.1, 0.15) is 11.9 Å². The second kappa shape index (κ2) is 6.92. The van der Waals surface area contributed by atoms with E-state index < -0.39 is 0 Å². The molecule has 1 aromatic heterocycles. The third kappa shape index (κ3) is 3.96. The van der Waals surface area contributed by atoms with Crippen molar-refractivity contribution in [3.8, 4) is 5.75 Å². The highest BCUT2D eigenvalue weighted by atomic mass is 16.5. The molecular formula is C17H24N2O2. The van der Waals surface area contributed by atoms with Crippen molar-refractivity contribution in [1.82, 2.24) is 9.88 Å². The molecule has 1 aliphatic heterocycles. The van der Waals surface area contributed by atoms with E-state index >= 15 is 0 Å². The topological polar surface area (TPSA) is 42.4 Å². The third-order valence-corrected chi connectivity index (χ3v) is 4.68. The lowest BCUT2D eigenvalue weighted by atomic mass is 10.0. The van der Waals surface area contributed by atoms with E-state index in [2.05, 4.69) is 4.98 Å². The molecule has 21 heavy (non-hydrogen) atoms. The fourth-order valence-electron chi connectivity index (χ4n) is 3.44. The van der Waals surface area contributed by atoms with Crippen LogP contribution in [-0.2, 0) is 4.79 Å². The second-order valence-electron chi connectivity index (χ2n) is 6.25. The molecule has 1 saturated heterocycles. The van der Waals surface area contributed by atoms with Gasteiger partial charge in [0.15, 0.2) is 0 Å². The number of carbonyl (C=O) groups is 1. The summed E-state index contributed by atoms with van der Waals surface area (Å²) in [5, 5.41) is 0. The van der Waals surface area contributed by atoms with Crippen LogP contribution in [0.15, 0.2) is 24.5 Å². The lowest BCUT2D eigenvalue weighted by Gasteiger charge is -2.18. The van der Waals surface area contributed by atoms with Crippen molar-refractivity contribution < 1.29 is 9.53 Å². The molecule has 4 nitrogen and oxygen atoms in total. The summed E-state index contributed by atoms with van der Waals surface area (Å²) < 4.78 is 5.88. The van der Waals surface area contributed by atoms with Crippen LogP contribution in [0.25, 0.3) is 0 Å². The zero-order valence-electron chi connectivity index (χ0n) is 12.5. The summed E-state index contributed by atoms with van der Waals surface area (Å²) in [4.78, 5) is 18.3.